The largest absolute Gasteiger partial charge is 0.408 e. The Morgan fingerprint density at radius 1 is 1.26 bits per heavy atom. The van der Waals surface area contributed by atoms with Crippen molar-refractivity contribution in [2.24, 2.45) is 0 Å². The monoisotopic (exact) mass is 385 g/mol. The zero-order valence-corrected chi connectivity index (χ0v) is 14.9. The van der Waals surface area contributed by atoms with Crippen LogP contribution in [0, 0.1) is 19.7 Å². The highest BCUT2D eigenvalue weighted by Crippen LogP contribution is 2.31. The van der Waals surface area contributed by atoms with E-state index in [0.717, 1.165) is 4.68 Å². The van der Waals surface area contributed by atoms with E-state index in [1.165, 1.54) is 24.3 Å². The van der Waals surface area contributed by atoms with Crippen LogP contribution in [0.5, 0.6) is 0 Å². The molecule has 1 unspecified atom stereocenters. The first kappa shape index (κ1) is 19.3. The van der Waals surface area contributed by atoms with E-state index in [1.807, 2.05) is 0 Å². The van der Waals surface area contributed by atoms with Crippen molar-refractivity contribution in [3.05, 3.63) is 52.6 Å². The molecule has 2 aromatic rings. The number of nitrogens with zero attached hydrogens (tertiary/aromatic N) is 3. The Labute approximate surface area is 153 Å². The molecule has 146 valence electrons. The maximum atomic E-state index is 13.1. The number of benzene rings is 1. The number of hydrogen-bond donors (Lipinski definition) is 0. The van der Waals surface area contributed by atoms with Crippen molar-refractivity contribution >= 4 is 5.91 Å². The first-order valence-corrected chi connectivity index (χ1v) is 8.42. The molecule has 1 atom stereocenters. The van der Waals surface area contributed by atoms with Gasteiger partial charge in [-0.1, -0.05) is 0 Å². The number of carbonyl (C=O) groups is 1. The van der Waals surface area contributed by atoms with E-state index < -0.39 is 24.6 Å². The SMILES string of the molecule is Cc1nn(CC(F)(F)F)c(C)c1C1COCCN1C(=O)c1ccc(F)cc1. The zero-order valence-electron chi connectivity index (χ0n) is 14.9. The summed E-state index contributed by atoms with van der Waals surface area (Å²) in [5, 5.41) is 4.00. The summed E-state index contributed by atoms with van der Waals surface area (Å²) < 4.78 is 57.9. The Morgan fingerprint density at radius 2 is 1.93 bits per heavy atom. The van der Waals surface area contributed by atoms with Crippen LogP contribution in [0.1, 0.15) is 33.4 Å². The fourth-order valence-electron chi connectivity index (χ4n) is 3.36. The van der Waals surface area contributed by atoms with Crippen LogP contribution in [0.2, 0.25) is 0 Å². The number of amides is 1. The highest BCUT2D eigenvalue weighted by molar-refractivity contribution is 5.94. The quantitative estimate of drug-likeness (QED) is 0.761. The average Bonchev–Trinajstić information content (AvgIpc) is 2.87. The van der Waals surface area contributed by atoms with Gasteiger partial charge in [0.2, 0.25) is 0 Å². The van der Waals surface area contributed by atoms with E-state index in [-0.39, 0.29) is 19.1 Å². The Bertz CT molecular complexity index is 830. The van der Waals surface area contributed by atoms with Gasteiger partial charge < -0.3 is 9.64 Å². The van der Waals surface area contributed by atoms with Crippen LogP contribution in [0.3, 0.4) is 0 Å². The number of aryl methyl sites for hydroxylation is 1. The molecule has 0 bridgehead atoms. The second kappa shape index (κ2) is 7.30. The molecule has 1 aromatic carbocycles. The van der Waals surface area contributed by atoms with Crippen molar-refractivity contribution in [2.75, 3.05) is 19.8 Å². The Kier molecular flexibility index (Phi) is 5.23. The topological polar surface area (TPSA) is 47.4 Å². The average molecular weight is 385 g/mol. The third-order valence-corrected chi connectivity index (χ3v) is 4.58. The van der Waals surface area contributed by atoms with Gasteiger partial charge in [-0.15, -0.1) is 0 Å². The molecule has 1 aliphatic rings. The lowest BCUT2D eigenvalue weighted by molar-refractivity contribution is -0.143. The van der Waals surface area contributed by atoms with Crippen LogP contribution in [-0.2, 0) is 11.3 Å². The summed E-state index contributed by atoms with van der Waals surface area (Å²) in [6, 6.07) is 4.60. The summed E-state index contributed by atoms with van der Waals surface area (Å²) in [6.07, 6.45) is -4.40. The molecular weight excluding hydrogens is 366 g/mol. The van der Waals surface area contributed by atoms with Crippen molar-refractivity contribution in [1.82, 2.24) is 14.7 Å². The number of alkyl halides is 3. The minimum atomic E-state index is -4.40. The number of aromatic nitrogens is 2. The van der Waals surface area contributed by atoms with Crippen molar-refractivity contribution < 1.29 is 27.1 Å². The Morgan fingerprint density at radius 3 is 2.56 bits per heavy atom. The lowest BCUT2D eigenvalue weighted by Crippen LogP contribution is -2.43. The van der Waals surface area contributed by atoms with Crippen LogP contribution < -0.4 is 0 Å². The second-order valence-corrected chi connectivity index (χ2v) is 6.45. The van der Waals surface area contributed by atoms with Gasteiger partial charge >= 0.3 is 6.18 Å². The molecule has 0 radical (unpaired) electrons. The number of morpholine rings is 1. The molecule has 1 aromatic heterocycles. The lowest BCUT2D eigenvalue weighted by atomic mass is 10.0. The molecule has 2 heterocycles. The minimum Gasteiger partial charge on any atom is -0.377 e. The predicted octanol–water partition coefficient (Wildman–Crippen LogP) is 3.42. The van der Waals surface area contributed by atoms with E-state index >= 15 is 0 Å². The van der Waals surface area contributed by atoms with Gasteiger partial charge in [0.05, 0.1) is 24.9 Å². The molecule has 0 saturated carbocycles. The Hall–Kier alpha value is -2.42. The van der Waals surface area contributed by atoms with Gasteiger partial charge in [-0.3, -0.25) is 9.48 Å². The molecular formula is C18H19F4N3O2. The van der Waals surface area contributed by atoms with E-state index in [4.69, 9.17) is 4.74 Å². The minimum absolute atomic E-state index is 0.159. The molecule has 0 N–H and O–H groups in total. The number of ether oxygens (including phenoxy) is 1. The van der Waals surface area contributed by atoms with Gasteiger partial charge in [-0.25, -0.2) is 4.39 Å². The third-order valence-electron chi connectivity index (χ3n) is 4.58. The summed E-state index contributed by atoms with van der Waals surface area (Å²) in [4.78, 5) is 14.4. The number of carbonyl (C=O) groups excluding carboxylic acids is 1. The maximum absolute atomic E-state index is 13.1. The maximum Gasteiger partial charge on any atom is 0.408 e. The summed E-state index contributed by atoms with van der Waals surface area (Å²) in [5.74, 6) is -0.782. The highest BCUT2D eigenvalue weighted by atomic mass is 19.4. The lowest BCUT2D eigenvalue weighted by Gasteiger charge is -2.36. The van der Waals surface area contributed by atoms with Crippen molar-refractivity contribution in [1.29, 1.82) is 0 Å². The van der Waals surface area contributed by atoms with Gasteiger partial charge in [-0.05, 0) is 38.1 Å². The molecule has 0 aliphatic carbocycles. The van der Waals surface area contributed by atoms with Crippen LogP contribution in [0.4, 0.5) is 17.6 Å². The number of rotatable bonds is 3. The predicted molar refractivity (Wildman–Crippen MR) is 88.8 cm³/mol. The first-order chi connectivity index (χ1) is 12.7. The first-order valence-electron chi connectivity index (χ1n) is 8.42. The van der Waals surface area contributed by atoms with Gasteiger partial charge in [0, 0.05) is 23.4 Å². The summed E-state index contributed by atoms with van der Waals surface area (Å²) >= 11 is 0. The Balaban J connectivity index is 1.94. The van der Waals surface area contributed by atoms with Gasteiger partial charge in [0.15, 0.2) is 0 Å². The number of halogens is 4. The van der Waals surface area contributed by atoms with Gasteiger partial charge in [-0.2, -0.15) is 18.3 Å². The molecule has 0 spiro atoms. The molecule has 1 amide bonds. The van der Waals surface area contributed by atoms with E-state index in [9.17, 15) is 22.4 Å². The van der Waals surface area contributed by atoms with Gasteiger partial charge in [0.1, 0.15) is 12.4 Å². The zero-order chi connectivity index (χ0) is 19.8. The van der Waals surface area contributed by atoms with Crippen molar-refractivity contribution in [2.45, 2.75) is 32.6 Å². The van der Waals surface area contributed by atoms with Crippen LogP contribution >= 0.6 is 0 Å². The summed E-state index contributed by atoms with van der Waals surface area (Å²) in [5.41, 5.74) is 1.62. The number of hydrogen-bond acceptors (Lipinski definition) is 3. The molecule has 1 saturated heterocycles. The third kappa shape index (κ3) is 4.13. The van der Waals surface area contributed by atoms with Crippen molar-refractivity contribution in [3.8, 4) is 0 Å². The fraction of sp³-hybridized carbons (Fsp3) is 0.444. The second-order valence-electron chi connectivity index (χ2n) is 6.45. The van der Waals surface area contributed by atoms with Crippen LogP contribution in [0.15, 0.2) is 24.3 Å². The molecule has 5 nitrogen and oxygen atoms in total. The summed E-state index contributed by atoms with van der Waals surface area (Å²) in [7, 11) is 0. The van der Waals surface area contributed by atoms with E-state index in [0.29, 0.717) is 29.1 Å². The molecule has 27 heavy (non-hydrogen) atoms. The van der Waals surface area contributed by atoms with E-state index in [2.05, 4.69) is 5.10 Å². The summed E-state index contributed by atoms with van der Waals surface area (Å²) in [6.45, 7) is 2.73. The molecule has 1 fully saturated rings. The molecule has 9 heteroatoms. The fourth-order valence-corrected chi connectivity index (χ4v) is 3.36. The molecule has 3 rings (SSSR count). The van der Waals surface area contributed by atoms with Crippen LogP contribution in [0.25, 0.3) is 0 Å². The standard InChI is InChI=1S/C18H19F4N3O2/c1-11-16(12(2)25(23-11)10-18(20,21)22)15-9-27-8-7-24(15)17(26)13-3-5-14(19)6-4-13/h3-6,15H,7-10H2,1-2H3. The normalized spacial score (nSPS) is 18.0. The highest BCUT2D eigenvalue weighted by Gasteiger charge is 2.35. The van der Waals surface area contributed by atoms with Gasteiger partial charge in [0.25, 0.3) is 5.91 Å². The van der Waals surface area contributed by atoms with E-state index in [1.54, 1.807) is 18.7 Å². The van der Waals surface area contributed by atoms with Crippen molar-refractivity contribution in [3.63, 3.8) is 0 Å². The van der Waals surface area contributed by atoms with Crippen LogP contribution in [-0.4, -0.2) is 46.5 Å². The molecule has 1 aliphatic heterocycles. The smallest absolute Gasteiger partial charge is 0.377 e.